The van der Waals surface area contributed by atoms with Crippen LogP contribution in [0.5, 0.6) is 0 Å². The van der Waals surface area contributed by atoms with Crippen LogP contribution in [0.2, 0.25) is 0 Å². The molecule has 5 nitrogen and oxygen atoms in total. The van der Waals surface area contributed by atoms with E-state index in [1.165, 1.54) is 0 Å². The molecule has 1 rings (SSSR count). The molecule has 0 saturated carbocycles. The van der Waals surface area contributed by atoms with Gasteiger partial charge in [0, 0.05) is 0 Å². The molecule has 0 radical (unpaired) electrons. The predicted octanol–water partition coefficient (Wildman–Crippen LogP) is 1.87. The molecule has 0 aliphatic carbocycles. The fourth-order valence-corrected chi connectivity index (χ4v) is 1.94. The average Bonchev–Trinajstić information content (AvgIpc) is 2.51. The molecule has 0 aliphatic rings. The Morgan fingerprint density at radius 3 is 2.32 bits per heavy atom. The van der Waals surface area contributed by atoms with Crippen molar-refractivity contribution in [1.29, 1.82) is 0 Å². The smallest absolute Gasteiger partial charge is 0.328 e. The van der Waals surface area contributed by atoms with Crippen molar-refractivity contribution in [3.8, 4) is 0 Å². The third kappa shape index (κ3) is 6.26. The number of carbonyl (C=O) groups is 2. The van der Waals surface area contributed by atoms with Crippen LogP contribution < -0.4 is 10.6 Å². The number of hydrogen-bond donors (Lipinski definition) is 2. The summed E-state index contributed by atoms with van der Waals surface area (Å²) in [7, 11) is 1.70. The molecule has 0 aromatic heterocycles. The topological polar surface area (TPSA) is 67.4 Å². The Hall–Kier alpha value is -1.88. The number of likely N-dealkylation sites (N-methyl/N-ethyl adjacent to an activating group) is 1. The maximum Gasteiger partial charge on any atom is 0.328 e. The maximum absolute atomic E-state index is 12.2. The second-order valence-corrected chi connectivity index (χ2v) is 5.79. The highest BCUT2D eigenvalue weighted by atomic mass is 16.5. The van der Waals surface area contributed by atoms with Crippen LogP contribution >= 0.6 is 0 Å². The highest BCUT2D eigenvalue weighted by molar-refractivity contribution is 5.87. The average molecular weight is 306 g/mol. The van der Waals surface area contributed by atoms with Crippen LogP contribution in [0.3, 0.4) is 0 Å². The number of esters is 1. The van der Waals surface area contributed by atoms with E-state index in [0.717, 1.165) is 5.56 Å². The zero-order valence-corrected chi connectivity index (χ0v) is 13.8. The lowest BCUT2D eigenvalue weighted by Gasteiger charge is -2.21. The van der Waals surface area contributed by atoms with E-state index < -0.39 is 12.0 Å². The number of hydrogen-bond acceptors (Lipinski definition) is 4. The van der Waals surface area contributed by atoms with E-state index in [0.29, 0.717) is 6.42 Å². The fourth-order valence-electron chi connectivity index (χ4n) is 1.94. The van der Waals surface area contributed by atoms with Crippen LogP contribution in [0.25, 0.3) is 0 Å². The molecule has 1 amide bonds. The molecule has 0 aliphatic heterocycles. The Labute approximate surface area is 132 Å². The van der Waals surface area contributed by atoms with E-state index in [1.54, 1.807) is 14.0 Å². The van der Waals surface area contributed by atoms with Crippen molar-refractivity contribution >= 4 is 11.9 Å². The van der Waals surface area contributed by atoms with E-state index in [-0.39, 0.29) is 24.5 Å². The Morgan fingerprint density at radius 2 is 1.77 bits per heavy atom. The van der Waals surface area contributed by atoms with Crippen LogP contribution in [0.4, 0.5) is 0 Å². The van der Waals surface area contributed by atoms with Crippen molar-refractivity contribution in [2.45, 2.75) is 45.9 Å². The predicted molar refractivity (Wildman–Crippen MR) is 86.1 cm³/mol. The van der Waals surface area contributed by atoms with Crippen molar-refractivity contribution in [3.05, 3.63) is 35.9 Å². The van der Waals surface area contributed by atoms with Gasteiger partial charge in [-0.1, -0.05) is 44.2 Å². The standard InChI is InChI=1S/C17H26N2O3/c1-12(2)10-15(19-16(20)13(3)18-4)17(21)22-11-14-8-6-5-7-9-14/h5-9,12-13,15,18H,10-11H2,1-4H3,(H,19,20)/t13-,15-/m1/s1. The van der Waals surface area contributed by atoms with Gasteiger partial charge in [0.2, 0.25) is 5.91 Å². The fraction of sp³-hybridized carbons (Fsp3) is 0.529. The number of amides is 1. The van der Waals surface area contributed by atoms with E-state index in [1.807, 2.05) is 44.2 Å². The first-order valence-electron chi connectivity index (χ1n) is 7.62. The summed E-state index contributed by atoms with van der Waals surface area (Å²) in [6.45, 7) is 5.97. The van der Waals surface area contributed by atoms with Gasteiger partial charge in [0.1, 0.15) is 12.6 Å². The quantitative estimate of drug-likeness (QED) is 0.720. The normalized spacial score (nSPS) is 13.5. The third-order valence-corrected chi connectivity index (χ3v) is 3.36. The van der Waals surface area contributed by atoms with E-state index in [9.17, 15) is 9.59 Å². The van der Waals surface area contributed by atoms with Gasteiger partial charge in [-0.05, 0) is 31.9 Å². The van der Waals surface area contributed by atoms with Crippen LogP contribution in [0, 0.1) is 5.92 Å². The molecule has 122 valence electrons. The molecule has 22 heavy (non-hydrogen) atoms. The minimum Gasteiger partial charge on any atom is -0.459 e. The van der Waals surface area contributed by atoms with Crippen molar-refractivity contribution in [3.63, 3.8) is 0 Å². The molecule has 2 N–H and O–H groups in total. The molecule has 0 unspecified atom stereocenters. The minimum atomic E-state index is -0.619. The second-order valence-electron chi connectivity index (χ2n) is 5.79. The zero-order chi connectivity index (χ0) is 16.5. The summed E-state index contributed by atoms with van der Waals surface area (Å²) in [5, 5.41) is 5.62. The van der Waals surface area contributed by atoms with E-state index in [4.69, 9.17) is 4.74 Å². The molecule has 0 heterocycles. The summed E-state index contributed by atoms with van der Waals surface area (Å²) < 4.78 is 5.33. The van der Waals surface area contributed by atoms with Gasteiger partial charge in [-0.3, -0.25) is 4.79 Å². The highest BCUT2D eigenvalue weighted by Crippen LogP contribution is 2.09. The number of rotatable bonds is 8. The van der Waals surface area contributed by atoms with Gasteiger partial charge in [0.05, 0.1) is 6.04 Å². The largest absolute Gasteiger partial charge is 0.459 e. The summed E-state index contributed by atoms with van der Waals surface area (Å²) in [6, 6.07) is 8.52. The third-order valence-electron chi connectivity index (χ3n) is 3.36. The summed E-state index contributed by atoms with van der Waals surface area (Å²) in [6.07, 6.45) is 0.551. The lowest BCUT2D eigenvalue weighted by molar-refractivity contribution is -0.149. The maximum atomic E-state index is 12.2. The molecule has 2 atom stereocenters. The molecular formula is C17H26N2O3. The first-order chi connectivity index (χ1) is 10.4. The molecule has 0 bridgehead atoms. The number of nitrogens with one attached hydrogen (secondary N) is 2. The van der Waals surface area contributed by atoms with Gasteiger partial charge in [-0.2, -0.15) is 0 Å². The first-order valence-corrected chi connectivity index (χ1v) is 7.62. The van der Waals surface area contributed by atoms with Gasteiger partial charge in [-0.15, -0.1) is 0 Å². The summed E-state index contributed by atoms with van der Waals surface area (Å²) >= 11 is 0. The number of benzene rings is 1. The van der Waals surface area contributed by atoms with Gasteiger partial charge in [0.15, 0.2) is 0 Å². The van der Waals surface area contributed by atoms with Crippen molar-refractivity contribution < 1.29 is 14.3 Å². The monoisotopic (exact) mass is 306 g/mol. The van der Waals surface area contributed by atoms with Crippen molar-refractivity contribution in [1.82, 2.24) is 10.6 Å². The van der Waals surface area contributed by atoms with Gasteiger partial charge in [-0.25, -0.2) is 4.79 Å². The molecule has 5 heteroatoms. The zero-order valence-electron chi connectivity index (χ0n) is 13.8. The Bertz CT molecular complexity index is 474. The Morgan fingerprint density at radius 1 is 1.14 bits per heavy atom. The molecular weight excluding hydrogens is 280 g/mol. The molecule has 0 spiro atoms. The highest BCUT2D eigenvalue weighted by Gasteiger charge is 2.25. The Kier molecular flexibility index (Phi) is 7.60. The molecule has 1 aromatic rings. The number of carbonyl (C=O) groups excluding carboxylic acids is 2. The molecule has 0 fully saturated rings. The second kappa shape index (κ2) is 9.20. The first kappa shape index (κ1) is 18.2. The van der Waals surface area contributed by atoms with Crippen LogP contribution in [-0.4, -0.2) is 31.0 Å². The Balaban J connectivity index is 2.61. The molecule has 1 aromatic carbocycles. The van der Waals surface area contributed by atoms with Crippen LogP contribution in [0.15, 0.2) is 30.3 Å². The van der Waals surface area contributed by atoms with E-state index >= 15 is 0 Å². The summed E-state index contributed by atoms with van der Waals surface area (Å²) in [5.41, 5.74) is 0.925. The minimum absolute atomic E-state index is 0.204. The van der Waals surface area contributed by atoms with Crippen LogP contribution in [0.1, 0.15) is 32.8 Å². The van der Waals surface area contributed by atoms with E-state index in [2.05, 4.69) is 10.6 Å². The lowest BCUT2D eigenvalue weighted by Crippen LogP contribution is -2.49. The van der Waals surface area contributed by atoms with Gasteiger partial charge in [0.25, 0.3) is 0 Å². The number of ether oxygens (including phenoxy) is 1. The van der Waals surface area contributed by atoms with Crippen molar-refractivity contribution in [2.24, 2.45) is 5.92 Å². The summed E-state index contributed by atoms with van der Waals surface area (Å²) in [4.78, 5) is 24.2. The van der Waals surface area contributed by atoms with Gasteiger partial charge < -0.3 is 15.4 Å². The van der Waals surface area contributed by atoms with Crippen LogP contribution in [-0.2, 0) is 20.9 Å². The molecule has 0 saturated heterocycles. The lowest BCUT2D eigenvalue weighted by atomic mass is 10.0. The SMILES string of the molecule is CN[C@H](C)C(=O)N[C@H](CC(C)C)C(=O)OCc1ccccc1. The van der Waals surface area contributed by atoms with Gasteiger partial charge >= 0.3 is 5.97 Å². The summed E-state index contributed by atoms with van der Waals surface area (Å²) in [5.74, 6) is -0.321. The van der Waals surface area contributed by atoms with Crippen molar-refractivity contribution in [2.75, 3.05) is 7.05 Å².